The number of rotatable bonds is 5. The van der Waals surface area contributed by atoms with E-state index in [1.807, 2.05) is 6.92 Å². The molecular weight excluding hydrogens is 254 g/mol. The Balaban J connectivity index is 1.81. The van der Waals surface area contributed by atoms with Crippen LogP contribution in [-0.2, 0) is 6.54 Å². The van der Waals surface area contributed by atoms with E-state index in [-0.39, 0.29) is 5.91 Å². The van der Waals surface area contributed by atoms with E-state index in [2.05, 4.69) is 15.3 Å². The number of amides is 1. The molecule has 1 saturated heterocycles. The first-order chi connectivity index (χ1) is 9.72. The second-order valence-corrected chi connectivity index (χ2v) is 5.28. The molecule has 0 aromatic carbocycles. The first-order valence-electron chi connectivity index (χ1n) is 7.54. The van der Waals surface area contributed by atoms with Crippen LogP contribution in [0.15, 0.2) is 6.20 Å². The van der Waals surface area contributed by atoms with Gasteiger partial charge < -0.3 is 16.0 Å². The zero-order chi connectivity index (χ0) is 14.4. The van der Waals surface area contributed by atoms with Gasteiger partial charge in [0.25, 0.3) is 5.91 Å². The molecule has 6 heteroatoms. The third kappa shape index (κ3) is 3.72. The fourth-order valence-corrected chi connectivity index (χ4v) is 2.66. The Labute approximate surface area is 120 Å². The van der Waals surface area contributed by atoms with Crippen LogP contribution in [0.2, 0.25) is 0 Å². The molecule has 0 saturated carbocycles. The summed E-state index contributed by atoms with van der Waals surface area (Å²) in [6.45, 7) is 6.45. The molecule has 1 aromatic heterocycles. The van der Waals surface area contributed by atoms with Crippen LogP contribution < -0.4 is 11.1 Å². The molecule has 0 aliphatic carbocycles. The molecule has 2 rings (SSSR count). The van der Waals surface area contributed by atoms with Crippen molar-refractivity contribution in [3.05, 3.63) is 11.9 Å². The monoisotopic (exact) mass is 279 g/mol. The van der Waals surface area contributed by atoms with Crippen LogP contribution >= 0.6 is 0 Å². The van der Waals surface area contributed by atoms with Crippen LogP contribution in [0.1, 0.15) is 43.1 Å². The van der Waals surface area contributed by atoms with Gasteiger partial charge in [-0.2, -0.15) is 5.10 Å². The molecule has 1 aliphatic heterocycles. The molecule has 1 amide bonds. The second kappa shape index (κ2) is 7.28. The van der Waals surface area contributed by atoms with Gasteiger partial charge in [0.05, 0.1) is 11.9 Å². The summed E-state index contributed by atoms with van der Waals surface area (Å²) in [6.07, 6.45) is 6.73. The lowest BCUT2D eigenvalue weighted by molar-refractivity contribution is 0.0939. The van der Waals surface area contributed by atoms with Crippen molar-refractivity contribution in [1.82, 2.24) is 20.0 Å². The molecule has 1 fully saturated rings. The second-order valence-electron chi connectivity index (χ2n) is 5.28. The minimum absolute atomic E-state index is 0.128. The van der Waals surface area contributed by atoms with Crippen LogP contribution in [0, 0.1) is 0 Å². The highest BCUT2D eigenvalue weighted by Gasteiger charge is 2.16. The maximum Gasteiger partial charge on any atom is 0.271 e. The van der Waals surface area contributed by atoms with Crippen LogP contribution in [0.3, 0.4) is 0 Å². The fourth-order valence-electron chi connectivity index (χ4n) is 2.66. The zero-order valence-electron chi connectivity index (χ0n) is 12.3. The largest absolute Gasteiger partial charge is 0.396 e. The van der Waals surface area contributed by atoms with E-state index in [1.54, 1.807) is 4.68 Å². The fraction of sp³-hybridized carbons (Fsp3) is 0.714. The van der Waals surface area contributed by atoms with E-state index in [1.165, 1.54) is 31.9 Å². The number of aryl methyl sites for hydroxylation is 1. The van der Waals surface area contributed by atoms with Crippen molar-refractivity contribution in [3.8, 4) is 0 Å². The lowest BCUT2D eigenvalue weighted by Gasteiger charge is -2.19. The quantitative estimate of drug-likeness (QED) is 0.846. The third-order valence-corrected chi connectivity index (χ3v) is 3.79. The molecule has 3 N–H and O–H groups in total. The molecule has 20 heavy (non-hydrogen) atoms. The van der Waals surface area contributed by atoms with Crippen molar-refractivity contribution < 1.29 is 4.79 Å². The zero-order valence-corrected chi connectivity index (χ0v) is 12.3. The highest BCUT2D eigenvalue weighted by molar-refractivity contribution is 5.97. The summed E-state index contributed by atoms with van der Waals surface area (Å²) in [6, 6.07) is 0. The summed E-state index contributed by atoms with van der Waals surface area (Å²) in [4.78, 5) is 14.6. The van der Waals surface area contributed by atoms with Gasteiger partial charge in [-0.25, -0.2) is 0 Å². The van der Waals surface area contributed by atoms with Crippen molar-refractivity contribution in [2.45, 2.75) is 39.2 Å². The molecule has 0 spiro atoms. The van der Waals surface area contributed by atoms with E-state index < -0.39 is 0 Å². The highest BCUT2D eigenvalue weighted by atomic mass is 16.2. The summed E-state index contributed by atoms with van der Waals surface area (Å²) in [5.74, 6) is -0.128. The Morgan fingerprint density at radius 1 is 1.35 bits per heavy atom. The van der Waals surface area contributed by atoms with Crippen molar-refractivity contribution in [2.75, 3.05) is 31.9 Å². The number of hydrogen-bond donors (Lipinski definition) is 2. The van der Waals surface area contributed by atoms with Gasteiger partial charge in [0.1, 0.15) is 5.69 Å². The minimum Gasteiger partial charge on any atom is -0.396 e. The van der Waals surface area contributed by atoms with Gasteiger partial charge in [0, 0.05) is 19.6 Å². The van der Waals surface area contributed by atoms with E-state index in [9.17, 15) is 4.79 Å². The number of aromatic nitrogens is 2. The number of nitrogens with two attached hydrogens (primary N) is 1. The molecule has 0 bridgehead atoms. The summed E-state index contributed by atoms with van der Waals surface area (Å²) < 4.78 is 1.64. The number of carbonyl (C=O) groups is 1. The molecule has 0 unspecified atom stereocenters. The maximum atomic E-state index is 12.1. The summed E-state index contributed by atoms with van der Waals surface area (Å²) in [5, 5.41) is 7.03. The Bertz CT molecular complexity index is 435. The Morgan fingerprint density at radius 2 is 2.05 bits per heavy atom. The molecule has 6 nitrogen and oxygen atoms in total. The van der Waals surface area contributed by atoms with Gasteiger partial charge in [-0.1, -0.05) is 12.8 Å². The van der Waals surface area contributed by atoms with Crippen molar-refractivity contribution in [1.29, 1.82) is 0 Å². The molecule has 1 aromatic rings. The van der Waals surface area contributed by atoms with Crippen LogP contribution in [-0.4, -0.2) is 46.8 Å². The molecule has 112 valence electrons. The normalized spacial score (nSPS) is 16.9. The van der Waals surface area contributed by atoms with Gasteiger partial charge in [-0.05, 0) is 32.9 Å². The van der Waals surface area contributed by atoms with E-state index in [4.69, 9.17) is 5.73 Å². The lowest BCUT2D eigenvalue weighted by atomic mass is 10.2. The van der Waals surface area contributed by atoms with Crippen molar-refractivity contribution >= 4 is 11.6 Å². The third-order valence-electron chi connectivity index (χ3n) is 3.79. The molecule has 2 heterocycles. The predicted octanol–water partition coefficient (Wildman–Crippen LogP) is 1.09. The number of nitrogens with one attached hydrogen (secondary N) is 1. The van der Waals surface area contributed by atoms with Gasteiger partial charge in [-0.15, -0.1) is 0 Å². The van der Waals surface area contributed by atoms with Crippen LogP contribution in [0.4, 0.5) is 5.69 Å². The number of anilines is 1. The number of likely N-dealkylation sites (tertiary alicyclic amines) is 1. The van der Waals surface area contributed by atoms with Crippen molar-refractivity contribution in [2.24, 2.45) is 0 Å². The Morgan fingerprint density at radius 3 is 2.70 bits per heavy atom. The number of carbonyl (C=O) groups excluding carboxylic acids is 1. The molecular formula is C14H25N5O. The van der Waals surface area contributed by atoms with E-state index in [0.717, 1.165) is 19.6 Å². The average molecular weight is 279 g/mol. The number of nitrogen functional groups attached to an aromatic ring is 1. The highest BCUT2D eigenvalue weighted by Crippen LogP contribution is 2.11. The Kier molecular flexibility index (Phi) is 5.40. The smallest absolute Gasteiger partial charge is 0.271 e. The summed E-state index contributed by atoms with van der Waals surface area (Å²) >= 11 is 0. The van der Waals surface area contributed by atoms with Crippen molar-refractivity contribution in [3.63, 3.8) is 0 Å². The van der Waals surface area contributed by atoms with Gasteiger partial charge in [0.15, 0.2) is 0 Å². The summed E-state index contributed by atoms with van der Waals surface area (Å²) in [7, 11) is 0. The lowest BCUT2D eigenvalue weighted by Crippen LogP contribution is -2.36. The number of hydrogen-bond acceptors (Lipinski definition) is 4. The maximum absolute atomic E-state index is 12.1. The van der Waals surface area contributed by atoms with Gasteiger partial charge in [0.2, 0.25) is 0 Å². The summed E-state index contributed by atoms with van der Waals surface area (Å²) in [5.41, 5.74) is 6.72. The van der Waals surface area contributed by atoms with Crippen LogP contribution in [0.25, 0.3) is 0 Å². The Hall–Kier alpha value is -1.56. The first kappa shape index (κ1) is 14.8. The van der Waals surface area contributed by atoms with Gasteiger partial charge >= 0.3 is 0 Å². The van der Waals surface area contributed by atoms with E-state index in [0.29, 0.717) is 24.5 Å². The topological polar surface area (TPSA) is 76.2 Å². The standard InChI is InChI=1S/C14H25N5O/c1-2-19-13(12(15)11-17-19)14(20)16-7-10-18-8-5-3-4-6-9-18/h11H,2-10,15H2,1H3,(H,16,20). The minimum atomic E-state index is -0.128. The average Bonchev–Trinajstić information content (AvgIpc) is 2.64. The van der Waals surface area contributed by atoms with Crippen LogP contribution in [0.5, 0.6) is 0 Å². The molecule has 1 aliphatic rings. The van der Waals surface area contributed by atoms with Gasteiger partial charge in [-0.3, -0.25) is 9.48 Å². The van der Waals surface area contributed by atoms with E-state index >= 15 is 0 Å². The molecule has 0 atom stereocenters. The predicted molar refractivity (Wildman–Crippen MR) is 79.6 cm³/mol. The SMILES string of the molecule is CCn1ncc(N)c1C(=O)NCCN1CCCCCC1. The first-order valence-corrected chi connectivity index (χ1v) is 7.54. The number of nitrogens with zero attached hydrogens (tertiary/aromatic N) is 3. The molecule has 0 radical (unpaired) electrons.